The minimum absolute atomic E-state index is 0.476. The van der Waals surface area contributed by atoms with Crippen LogP contribution in [0.4, 0.5) is 17.1 Å². The predicted molar refractivity (Wildman–Crippen MR) is 68.0 cm³/mol. The number of anilines is 2. The molecule has 0 bridgehead atoms. The minimum Gasteiger partial charge on any atom is -0.459 e. The quantitative estimate of drug-likeness (QED) is 0.609. The van der Waals surface area contributed by atoms with E-state index in [0.717, 1.165) is 0 Å². The first kappa shape index (κ1) is 10.8. The molecule has 0 spiro atoms. The van der Waals surface area contributed by atoms with Gasteiger partial charge in [0.15, 0.2) is 5.69 Å². The van der Waals surface area contributed by atoms with Crippen LogP contribution in [0.3, 0.4) is 0 Å². The van der Waals surface area contributed by atoms with Gasteiger partial charge in [0.25, 0.3) is 0 Å². The minimum atomic E-state index is 0.476. The van der Waals surface area contributed by atoms with Gasteiger partial charge in [-0.1, -0.05) is 12.1 Å². The molecular formula is C13H11N3O. The van der Waals surface area contributed by atoms with E-state index < -0.39 is 0 Å². The van der Waals surface area contributed by atoms with Crippen molar-refractivity contribution in [1.29, 1.82) is 0 Å². The van der Waals surface area contributed by atoms with Crippen molar-refractivity contribution >= 4 is 17.1 Å². The lowest BCUT2D eigenvalue weighted by Gasteiger charge is -2.07. The summed E-state index contributed by atoms with van der Waals surface area (Å²) in [5, 5.41) is 0. The van der Waals surface area contributed by atoms with E-state index in [9.17, 15) is 0 Å². The van der Waals surface area contributed by atoms with E-state index in [1.807, 2.05) is 0 Å². The van der Waals surface area contributed by atoms with Crippen molar-refractivity contribution in [2.45, 2.75) is 0 Å². The topological polar surface area (TPSA) is 65.6 Å². The summed E-state index contributed by atoms with van der Waals surface area (Å²) in [5.41, 5.74) is 12.8. The molecule has 0 aliphatic carbocycles. The van der Waals surface area contributed by atoms with E-state index in [-0.39, 0.29) is 0 Å². The molecule has 4 N–H and O–H groups in total. The molecule has 0 aliphatic rings. The monoisotopic (exact) mass is 225 g/mol. The Hall–Kier alpha value is -2.67. The van der Waals surface area contributed by atoms with E-state index in [4.69, 9.17) is 22.8 Å². The second-order valence-corrected chi connectivity index (χ2v) is 3.50. The van der Waals surface area contributed by atoms with Gasteiger partial charge in [-0.15, -0.1) is 0 Å². The second kappa shape index (κ2) is 4.45. The molecule has 4 heteroatoms. The summed E-state index contributed by atoms with van der Waals surface area (Å²) in [6.45, 7) is 6.92. The first-order valence-corrected chi connectivity index (χ1v) is 4.99. The van der Waals surface area contributed by atoms with Gasteiger partial charge in [0.05, 0.1) is 17.9 Å². The normalized spacial score (nSPS) is 9.59. The van der Waals surface area contributed by atoms with Crippen LogP contribution in [0, 0.1) is 6.57 Å². The Balaban J connectivity index is 2.25. The molecule has 2 aromatic carbocycles. The molecule has 0 radical (unpaired) electrons. The molecule has 0 amide bonds. The smallest absolute Gasteiger partial charge is 0.190 e. The zero-order chi connectivity index (χ0) is 12.3. The third kappa shape index (κ3) is 2.47. The van der Waals surface area contributed by atoms with Gasteiger partial charge in [-0.25, -0.2) is 4.85 Å². The highest BCUT2D eigenvalue weighted by atomic mass is 16.5. The van der Waals surface area contributed by atoms with E-state index in [1.54, 1.807) is 42.5 Å². The zero-order valence-corrected chi connectivity index (χ0v) is 9.05. The number of nitrogens with two attached hydrogens (primary N) is 2. The fourth-order valence-electron chi connectivity index (χ4n) is 1.37. The van der Waals surface area contributed by atoms with Crippen LogP contribution in [0.1, 0.15) is 0 Å². The number of hydrogen-bond donors (Lipinski definition) is 2. The standard InChI is InChI=1S/C13H11N3O/c1-16-9-3-2-4-10(7-9)17-11-5-6-12(14)13(15)8-11/h2-8H,14-15H2. The number of nitrogens with zero attached hydrogens (tertiary/aromatic N) is 1. The maximum Gasteiger partial charge on any atom is 0.190 e. The van der Waals surface area contributed by atoms with Crippen molar-refractivity contribution < 1.29 is 4.74 Å². The summed E-state index contributed by atoms with van der Waals surface area (Å²) in [4.78, 5) is 3.33. The Morgan fingerprint density at radius 3 is 2.41 bits per heavy atom. The lowest BCUT2D eigenvalue weighted by molar-refractivity contribution is 0.483. The van der Waals surface area contributed by atoms with Gasteiger partial charge >= 0.3 is 0 Å². The predicted octanol–water partition coefficient (Wildman–Crippen LogP) is 3.19. The van der Waals surface area contributed by atoms with Gasteiger partial charge in [0, 0.05) is 6.07 Å². The first-order chi connectivity index (χ1) is 8.19. The van der Waals surface area contributed by atoms with Crippen LogP contribution in [-0.4, -0.2) is 0 Å². The van der Waals surface area contributed by atoms with Crippen LogP contribution < -0.4 is 16.2 Å². The fraction of sp³-hybridized carbons (Fsp3) is 0. The average Bonchev–Trinajstić information content (AvgIpc) is 2.34. The zero-order valence-electron chi connectivity index (χ0n) is 9.05. The Labute approximate surface area is 99.2 Å². The average molecular weight is 225 g/mol. The molecular weight excluding hydrogens is 214 g/mol. The molecule has 0 unspecified atom stereocenters. The molecule has 84 valence electrons. The van der Waals surface area contributed by atoms with E-state index in [2.05, 4.69) is 4.85 Å². The van der Waals surface area contributed by atoms with Crippen LogP contribution in [0.15, 0.2) is 42.5 Å². The number of nitrogen functional groups attached to an aromatic ring is 2. The van der Waals surface area contributed by atoms with E-state index in [0.29, 0.717) is 28.6 Å². The van der Waals surface area contributed by atoms with Crippen LogP contribution in [0.2, 0.25) is 0 Å². The maximum atomic E-state index is 6.92. The first-order valence-electron chi connectivity index (χ1n) is 4.99. The summed E-state index contributed by atoms with van der Waals surface area (Å²) in [6.07, 6.45) is 0. The van der Waals surface area contributed by atoms with E-state index >= 15 is 0 Å². The highest BCUT2D eigenvalue weighted by molar-refractivity contribution is 5.65. The Morgan fingerprint density at radius 2 is 1.71 bits per heavy atom. The summed E-state index contributed by atoms with van der Waals surface area (Å²) in [7, 11) is 0. The fourth-order valence-corrected chi connectivity index (χ4v) is 1.37. The van der Waals surface area contributed by atoms with Crippen molar-refractivity contribution in [3.8, 4) is 11.5 Å². The summed E-state index contributed by atoms with van der Waals surface area (Å²) in [5.74, 6) is 1.20. The van der Waals surface area contributed by atoms with Gasteiger partial charge in [-0.05, 0) is 24.3 Å². The molecule has 2 rings (SSSR count). The molecule has 0 aromatic heterocycles. The Bertz CT molecular complexity index is 587. The van der Waals surface area contributed by atoms with Gasteiger partial charge in [0.2, 0.25) is 0 Å². The molecule has 4 nitrogen and oxygen atoms in total. The molecule has 17 heavy (non-hydrogen) atoms. The highest BCUT2D eigenvalue weighted by Gasteiger charge is 2.01. The number of rotatable bonds is 2. The van der Waals surface area contributed by atoms with Gasteiger partial charge in [-0.3, -0.25) is 0 Å². The maximum absolute atomic E-state index is 6.92. The van der Waals surface area contributed by atoms with Crippen LogP contribution in [-0.2, 0) is 0 Å². The molecule has 0 heterocycles. The van der Waals surface area contributed by atoms with Crippen LogP contribution >= 0.6 is 0 Å². The molecule has 0 aliphatic heterocycles. The van der Waals surface area contributed by atoms with Crippen molar-refractivity contribution in [1.82, 2.24) is 0 Å². The summed E-state index contributed by atoms with van der Waals surface area (Å²) < 4.78 is 5.58. The van der Waals surface area contributed by atoms with Crippen molar-refractivity contribution in [2.24, 2.45) is 0 Å². The van der Waals surface area contributed by atoms with Crippen molar-refractivity contribution in [3.05, 3.63) is 53.9 Å². The van der Waals surface area contributed by atoms with Crippen LogP contribution in [0.25, 0.3) is 4.85 Å². The molecule has 0 saturated heterocycles. The van der Waals surface area contributed by atoms with Gasteiger partial charge < -0.3 is 16.2 Å². The SMILES string of the molecule is [C-]#[N+]c1cccc(Oc2ccc(N)c(N)c2)c1. The van der Waals surface area contributed by atoms with Gasteiger partial charge in [-0.2, -0.15) is 0 Å². The number of benzene rings is 2. The molecule has 0 saturated carbocycles. The Morgan fingerprint density at radius 1 is 0.941 bits per heavy atom. The summed E-state index contributed by atoms with van der Waals surface area (Å²) >= 11 is 0. The lowest BCUT2D eigenvalue weighted by Crippen LogP contribution is -1.94. The second-order valence-electron chi connectivity index (χ2n) is 3.50. The third-order valence-electron chi connectivity index (χ3n) is 2.24. The number of ether oxygens (including phenoxy) is 1. The molecule has 2 aromatic rings. The largest absolute Gasteiger partial charge is 0.459 e. The third-order valence-corrected chi connectivity index (χ3v) is 2.24. The molecule has 0 fully saturated rings. The van der Waals surface area contributed by atoms with Crippen molar-refractivity contribution in [2.75, 3.05) is 11.5 Å². The Kier molecular flexibility index (Phi) is 2.84. The van der Waals surface area contributed by atoms with Crippen molar-refractivity contribution in [3.63, 3.8) is 0 Å². The van der Waals surface area contributed by atoms with Gasteiger partial charge in [0.1, 0.15) is 11.5 Å². The molecule has 0 atom stereocenters. The summed E-state index contributed by atoms with van der Waals surface area (Å²) in [6, 6.07) is 12.0. The van der Waals surface area contributed by atoms with E-state index in [1.165, 1.54) is 0 Å². The van der Waals surface area contributed by atoms with Crippen LogP contribution in [0.5, 0.6) is 11.5 Å². The number of hydrogen-bond acceptors (Lipinski definition) is 3. The lowest BCUT2D eigenvalue weighted by atomic mass is 10.2. The highest BCUT2D eigenvalue weighted by Crippen LogP contribution is 2.28.